The van der Waals surface area contributed by atoms with Gasteiger partial charge in [0.25, 0.3) is 0 Å². The summed E-state index contributed by atoms with van der Waals surface area (Å²) < 4.78 is 45.6. The Morgan fingerprint density at radius 3 is 2.81 bits per heavy atom. The van der Waals surface area contributed by atoms with Crippen molar-refractivity contribution in [3.05, 3.63) is 53.3 Å². The van der Waals surface area contributed by atoms with Crippen molar-refractivity contribution in [3.8, 4) is 5.75 Å². The zero-order valence-corrected chi connectivity index (χ0v) is 15.4. The summed E-state index contributed by atoms with van der Waals surface area (Å²) in [7, 11) is -0.721. The minimum Gasteiger partial charge on any atom is -0.495 e. The van der Waals surface area contributed by atoms with Gasteiger partial charge in [-0.25, -0.2) is 17.5 Å². The van der Waals surface area contributed by atoms with Gasteiger partial charge in [0.1, 0.15) is 16.5 Å². The van der Waals surface area contributed by atoms with E-state index in [-0.39, 0.29) is 17.2 Å². The van der Waals surface area contributed by atoms with Crippen LogP contribution in [0.1, 0.15) is 17.2 Å². The Labute approximate surface area is 152 Å². The van der Waals surface area contributed by atoms with Gasteiger partial charge in [-0.05, 0) is 41.8 Å². The smallest absolute Gasteiger partial charge is 0.244 e. The van der Waals surface area contributed by atoms with Crippen molar-refractivity contribution in [2.75, 3.05) is 32.1 Å². The van der Waals surface area contributed by atoms with Gasteiger partial charge in [-0.2, -0.15) is 0 Å². The van der Waals surface area contributed by atoms with E-state index in [9.17, 15) is 17.9 Å². The Morgan fingerprint density at radius 1 is 1.31 bits per heavy atom. The molecule has 2 aromatic carbocycles. The molecule has 0 bridgehead atoms. The molecule has 2 aromatic rings. The quantitative estimate of drug-likeness (QED) is 0.800. The fraction of sp³-hybridized carbons (Fsp3) is 0.333. The summed E-state index contributed by atoms with van der Waals surface area (Å²) in [6, 6.07) is 8.85. The molecule has 1 heterocycles. The third-order valence-electron chi connectivity index (χ3n) is 4.50. The number of hydrogen-bond acceptors (Lipinski definition) is 5. The maximum atomic E-state index is 13.4. The zero-order valence-electron chi connectivity index (χ0n) is 14.6. The summed E-state index contributed by atoms with van der Waals surface area (Å²) in [5, 5.41) is 10.4. The molecule has 0 spiro atoms. The number of hydrogen-bond donors (Lipinski definition) is 2. The summed E-state index contributed by atoms with van der Waals surface area (Å²) in [6.45, 7) is 0.692. The van der Waals surface area contributed by atoms with Crippen LogP contribution in [0.4, 0.5) is 10.1 Å². The first-order valence-electron chi connectivity index (χ1n) is 8.17. The van der Waals surface area contributed by atoms with Gasteiger partial charge in [0.05, 0.1) is 13.2 Å². The van der Waals surface area contributed by atoms with Crippen LogP contribution in [0.3, 0.4) is 0 Å². The number of anilines is 1. The molecule has 1 aliphatic rings. The first-order valence-corrected chi connectivity index (χ1v) is 9.65. The molecule has 1 atom stereocenters. The normalized spacial score (nSPS) is 15.0. The van der Waals surface area contributed by atoms with Gasteiger partial charge in [0, 0.05) is 25.8 Å². The zero-order chi connectivity index (χ0) is 18.9. The Kier molecular flexibility index (Phi) is 5.17. The van der Waals surface area contributed by atoms with E-state index >= 15 is 0 Å². The van der Waals surface area contributed by atoms with Crippen LogP contribution in [0.25, 0.3) is 0 Å². The van der Waals surface area contributed by atoms with Gasteiger partial charge in [0.15, 0.2) is 0 Å². The number of nitrogens with one attached hydrogen (secondary N) is 1. The molecule has 1 unspecified atom stereocenters. The minimum absolute atomic E-state index is 0.0361. The van der Waals surface area contributed by atoms with E-state index < -0.39 is 21.9 Å². The van der Waals surface area contributed by atoms with E-state index in [1.165, 1.54) is 13.2 Å². The highest BCUT2D eigenvalue weighted by atomic mass is 32.2. The van der Waals surface area contributed by atoms with Crippen molar-refractivity contribution in [2.24, 2.45) is 0 Å². The molecule has 2 N–H and O–H groups in total. The molecule has 0 radical (unpaired) electrons. The molecular formula is C18H21FN2O4S. The first-order chi connectivity index (χ1) is 12.3. The predicted octanol–water partition coefficient (Wildman–Crippen LogP) is 1.84. The van der Waals surface area contributed by atoms with Crippen LogP contribution < -0.4 is 14.4 Å². The molecule has 140 valence electrons. The summed E-state index contributed by atoms with van der Waals surface area (Å²) in [6.07, 6.45) is -0.126. The third-order valence-corrected chi connectivity index (χ3v) is 5.94. The van der Waals surface area contributed by atoms with Gasteiger partial charge in [-0.1, -0.05) is 12.1 Å². The van der Waals surface area contributed by atoms with Gasteiger partial charge in [-0.15, -0.1) is 0 Å². The number of halogens is 1. The number of aliphatic hydroxyl groups is 1. The SMILES string of the molecule is COc1ccc(F)cc1S(=O)(=O)NCC(O)c1ccc2c(c1)CCN2C. The van der Waals surface area contributed by atoms with Crippen LogP contribution in [0.5, 0.6) is 5.75 Å². The molecule has 0 amide bonds. The van der Waals surface area contributed by atoms with E-state index in [1.807, 2.05) is 19.2 Å². The molecule has 0 fully saturated rings. The number of fused-ring (bicyclic) bond motifs is 1. The third kappa shape index (κ3) is 3.67. The lowest BCUT2D eigenvalue weighted by Gasteiger charge is -2.16. The van der Waals surface area contributed by atoms with E-state index in [0.717, 1.165) is 36.3 Å². The van der Waals surface area contributed by atoms with Crippen molar-refractivity contribution >= 4 is 15.7 Å². The summed E-state index contributed by atoms with van der Waals surface area (Å²) in [5.74, 6) is -0.650. The summed E-state index contributed by atoms with van der Waals surface area (Å²) in [4.78, 5) is 1.83. The topological polar surface area (TPSA) is 78.9 Å². The molecule has 0 saturated heterocycles. The standard InChI is InChI=1S/C18H21FN2O4S/c1-21-8-7-12-9-13(3-5-15(12)21)16(22)11-20-26(23,24)18-10-14(19)4-6-17(18)25-2/h3-6,9-10,16,20,22H,7-8,11H2,1-2H3. The number of likely N-dealkylation sites (N-methyl/N-ethyl adjacent to an activating group) is 1. The number of benzene rings is 2. The van der Waals surface area contributed by atoms with Crippen molar-refractivity contribution < 1.29 is 22.7 Å². The monoisotopic (exact) mass is 380 g/mol. The van der Waals surface area contributed by atoms with Crippen molar-refractivity contribution in [3.63, 3.8) is 0 Å². The van der Waals surface area contributed by atoms with Crippen LogP contribution in [-0.2, 0) is 16.4 Å². The van der Waals surface area contributed by atoms with Gasteiger partial charge < -0.3 is 14.7 Å². The van der Waals surface area contributed by atoms with Gasteiger partial charge in [-0.3, -0.25) is 0 Å². The number of methoxy groups -OCH3 is 1. The highest BCUT2D eigenvalue weighted by Gasteiger charge is 2.23. The lowest BCUT2D eigenvalue weighted by Crippen LogP contribution is -2.29. The van der Waals surface area contributed by atoms with Crippen LogP contribution in [-0.4, -0.2) is 40.8 Å². The fourth-order valence-electron chi connectivity index (χ4n) is 3.04. The average molecular weight is 380 g/mol. The Bertz CT molecular complexity index is 917. The average Bonchev–Trinajstić information content (AvgIpc) is 3.00. The van der Waals surface area contributed by atoms with Gasteiger partial charge >= 0.3 is 0 Å². The van der Waals surface area contributed by atoms with Crippen LogP contribution >= 0.6 is 0 Å². The maximum Gasteiger partial charge on any atom is 0.244 e. The molecular weight excluding hydrogens is 359 g/mol. The fourth-order valence-corrected chi connectivity index (χ4v) is 4.26. The molecule has 0 saturated carbocycles. The second-order valence-corrected chi connectivity index (χ2v) is 7.96. The molecule has 0 aromatic heterocycles. The van der Waals surface area contributed by atoms with Crippen molar-refractivity contribution in [1.82, 2.24) is 4.72 Å². The molecule has 6 nitrogen and oxygen atoms in total. The van der Waals surface area contributed by atoms with Crippen LogP contribution in [0.2, 0.25) is 0 Å². The number of aliphatic hydroxyl groups excluding tert-OH is 1. The lowest BCUT2D eigenvalue weighted by molar-refractivity contribution is 0.182. The second-order valence-electron chi connectivity index (χ2n) is 6.22. The predicted molar refractivity (Wildman–Crippen MR) is 96.5 cm³/mol. The van der Waals surface area contributed by atoms with Gasteiger partial charge in [0.2, 0.25) is 10.0 Å². The van der Waals surface area contributed by atoms with E-state index in [0.29, 0.717) is 5.56 Å². The molecule has 1 aliphatic heterocycles. The Morgan fingerprint density at radius 2 is 2.08 bits per heavy atom. The minimum atomic E-state index is -4.03. The van der Waals surface area contributed by atoms with Crippen LogP contribution in [0.15, 0.2) is 41.3 Å². The Balaban J connectivity index is 1.75. The highest BCUT2D eigenvalue weighted by molar-refractivity contribution is 7.89. The summed E-state index contributed by atoms with van der Waals surface area (Å²) >= 11 is 0. The molecule has 3 rings (SSSR count). The second kappa shape index (κ2) is 7.22. The Hall–Kier alpha value is -2.16. The maximum absolute atomic E-state index is 13.4. The lowest BCUT2D eigenvalue weighted by atomic mass is 10.0. The van der Waals surface area contributed by atoms with Crippen LogP contribution in [0, 0.1) is 5.82 Å². The van der Waals surface area contributed by atoms with E-state index in [2.05, 4.69) is 9.62 Å². The van der Waals surface area contributed by atoms with Crippen molar-refractivity contribution in [1.29, 1.82) is 0 Å². The van der Waals surface area contributed by atoms with Crippen molar-refractivity contribution in [2.45, 2.75) is 17.4 Å². The largest absolute Gasteiger partial charge is 0.495 e. The first kappa shape index (κ1) is 18.6. The number of sulfonamides is 1. The number of ether oxygens (including phenoxy) is 1. The molecule has 26 heavy (non-hydrogen) atoms. The summed E-state index contributed by atoms with van der Waals surface area (Å²) in [5.41, 5.74) is 2.87. The number of nitrogens with zero attached hydrogens (tertiary/aromatic N) is 1. The van der Waals surface area contributed by atoms with E-state index in [1.54, 1.807) is 6.07 Å². The highest BCUT2D eigenvalue weighted by Crippen LogP contribution is 2.29. The number of rotatable bonds is 6. The van der Waals surface area contributed by atoms with E-state index in [4.69, 9.17) is 4.74 Å². The molecule has 0 aliphatic carbocycles. The molecule has 8 heteroatoms.